The predicted octanol–water partition coefficient (Wildman–Crippen LogP) is -0.670. The van der Waals surface area contributed by atoms with E-state index in [1.807, 2.05) is 0 Å². The van der Waals surface area contributed by atoms with E-state index in [9.17, 15) is 39.5 Å². The third-order valence-corrected chi connectivity index (χ3v) is 2.55. The van der Waals surface area contributed by atoms with E-state index in [4.69, 9.17) is 38.9 Å². The minimum absolute atomic E-state index is 0. The van der Waals surface area contributed by atoms with Gasteiger partial charge in [0.2, 0.25) is 0 Å². The van der Waals surface area contributed by atoms with Gasteiger partial charge in [-0.1, -0.05) is 0 Å². The number of hydrogen-bond acceptors (Lipinski definition) is 9. The molecule has 0 saturated heterocycles. The molecule has 0 heterocycles. The van der Waals surface area contributed by atoms with E-state index in [1.165, 1.54) is 0 Å². The average molecular weight is 630 g/mol. The minimum atomic E-state index is -6.09. The minimum Gasteiger partial charge on any atom is -0.741 e. The predicted molar refractivity (Wildman–Crippen MR) is 50.9 cm³/mol. The van der Waals surface area contributed by atoms with Crippen molar-refractivity contribution in [3.05, 3.63) is 0 Å². The van der Waals surface area contributed by atoms with Crippen LogP contribution in [0.1, 0.15) is 0 Å². The molecule has 0 aromatic carbocycles. The van der Waals surface area contributed by atoms with E-state index >= 15 is 0 Å². The van der Waals surface area contributed by atoms with Gasteiger partial charge in [-0.2, -0.15) is 39.5 Å². The van der Waals surface area contributed by atoms with Crippen LogP contribution in [0.3, 0.4) is 0 Å². The van der Waals surface area contributed by atoms with Crippen LogP contribution < -0.4 is 0 Å². The summed E-state index contributed by atoms with van der Waals surface area (Å²) in [5, 5.41) is 0. The van der Waals surface area contributed by atoms with Gasteiger partial charge in [0.05, 0.1) is 0 Å². The van der Waals surface area contributed by atoms with Crippen LogP contribution in [-0.2, 0) is 30.4 Å². The van der Waals surface area contributed by atoms with Crippen molar-refractivity contribution in [2.24, 2.45) is 0 Å². The zero-order chi connectivity index (χ0) is 21.0. The van der Waals surface area contributed by atoms with Crippen LogP contribution >= 0.6 is 0 Å². The second-order valence-corrected chi connectivity index (χ2v) is 6.81. The van der Waals surface area contributed by atoms with Crippen LogP contribution in [0.4, 0.5) is 39.5 Å². The zero-order valence-electron chi connectivity index (χ0n) is 10.6. The normalized spacial score (nSPS) is 12.9. The summed E-state index contributed by atoms with van der Waals surface area (Å²) < 4.78 is 177. The molecule has 0 unspecified atom stereocenters. The molecular weight excluding hydrogens is 628 g/mol. The van der Waals surface area contributed by atoms with Crippen molar-refractivity contribution in [3.8, 4) is 0 Å². The monoisotopic (exact) mass is 630 g/mol. The SMILES string of the molecule is O.O=S(=O)([O-])C(F)(F)F.O=S(=O)([O-])C(F)(F)F.O=S(=O)([O-])C(F)(F)F.[Ho+3]. The maximum Gasteiger partial charge on any atom is 3.00 e. The molecule has 0 atom stereocenters. The van der Waals surface area contributed by atoms with E-state index < -0.39 is 46.9 Å². The molecule has 0 aliphatic heterocycles. The second-order valence-electron chi connectivity index (χ2n) is 2.70. The van der Waals surface area contributed by atoms with Crippen LogP contribution in [0.25, 0.3) is 0 Å². The fourth-order valence-corrected chi connectivity index (χ4v) is 0. The van der Waals surface area contributed by atoms with Crippen molar-refractivity contribution in [1.29, 1.82) is 0 Å². The van der Waals surface area contributed by atoms with Gasteiger partial charge in [-0.3, -0.25) is 0 Å². The molecule has 0 aliphatic carbocycles. The van der Waals surface area contributed by atoms with Gasteiger partial charge in [-0.15, -0.1) is 0 Å². The quantitative estimate of drug-likeness (QED) is 0.144. The Labute approximate surface area is 167 Å². The van der Waals surface area contributed by atoms with E-state index in [0.29, 0.717) is 0 Å². The Morgan fingerprint density at radius 3 is 0.500 bits per heavy atom. The molecule has 0 aromatic rings. The van der Waals surface area contributed by atoms with Gasteiger partial charge in [0.1, 0.15) is 0 Å². The zero-order valence-corrected chi connectivity index (χ0v) is 15.0. The van der Waals surface area contributed by atoms with Gasteiger partial charge < -0.3 is 19.1 Å². The van der Waals surface area contributed by atoms with Crippen LogP contribution in [0.5, 0.6) is 0 Å². The molecule has 0 radical (unpaired) electrons. The third kappa shape index (κ3) is 17.7. The maximum atomic E-state index is 10.7. The molecule has 23 heteroatoms. The fourth-order valence-electron chi connectivity index (χ4n) is 0. The van der Waals surface area contributed by atoms with E-state index in [-0.39, 0.29) is 43.2 Å². The molecule has 0 amide bonds. The summed E-state index contributed by atoms with van der Waals surface area (Å²) in [6, 6.07) is 0. The number of halogens is 9. The smallest absolute Gasteiger partial charge is 0.741 e. The van der Waals surface area contributed by atoms with Crippen molar-refractivity contribution in [2.45, 2.75) is 16.5 Å². The first-order valence-corrected chi connectivity index (χ1v) is 8.04. The molecule has 0 rings (SSSR count). The molecular formula is C3H2F9HoO10S3. The Morgan fingerprint density at radius 1 is 0.462 bits per heavy atom. The van der Waals surface area contributed by atoms with Crippen molar-refractivity contribution in [1.82, 2.24) is 0 Å². The first-order valence-electron chi connectivity index (χ1n) is 3.81. The maximum absolute atomic E-state index is 10.7. The first-order chi connectivity index (χ1) is 9.75. The topological polar surface area (TPSA) is 203 Å². The summed E-state index contributed by atoms with van der Waals surface area (Å²) in [6.45, 7) is 0. The van der Waals surface area contributed by atoms with Crippen molar-refractivity contribution in [3.63, 3.8) is 0 Å². The van der Waals surface area contributed by atoms with Crippen LogP contribution in [0.15, 0.2) is 0 Å². The van der Waals surface area contributed by atoms with Crippen LogP contribution in [-0.4, -0.2) is 60.9 Å². The molecule has 2 N–H and O–H groups in total. The van der Waals surface area contributed by atoms with Crippen molar-refractivity contribution in [2.75, 3.05) is 0 Å². The van der Waals surface area contributed by atoms with E-state index in [2.05, 4.69) is 0 Å². The molecule has 0 bridgehead atoms. The van der Waals surface area contributed by atoms with Gasteiger partial charge >= 0.3 is 54.3 Å². The van der Waals surface area contributed by atoms with Gasteiger partial charge in [0.15, 0.2) is 30.4 Å². The number of alkyl halides is 9. The largest absolute Gasteiger partial charge is 3.00 e. The van der Waals surface area contributed by atoms with Gasteiger partial charge in [0.25, 0.3) is 0 Å². The summed E-state index contributed by atoms with van der Waals surface area (Å²) >= 11 is 0. The van der Waals surface area contributed by atoms with Gasteiger partial charge in [0, 0.05) is 0 Å². The summed E-state index contributed by atoms with van der Waals surface area (Å²) in [5.74, 6) is 0. The van der Waals surface area contributed by atoms with Crippen LogP contribution in [0, 0.1) is 37.7 Å². The molecule has 0 saturated carbocycles. The Kier molecular flexibility index (Phi) is 16.2. The van der Waals surface area contributed by atoms with E-state index in [1.54, 1.807) is 0 Å². The molecule has 0 aliphatic rings. The standard InChI is InChI=1S/3CHF3O3S.Ho.H2O/c3*2-1(3,4)8(5,6)7;;/h3*(H,5,6,7);;1H2/q;;;+3;/p-3. The Balaban J connectivity index is -0.0000000817. The molecule has 0 spiro atoms. The molecule has 0 aromatic heterocycles. The Bertz CT molecular complexity index is 598. The molecule has 166 valence electrons. The summed E-state index contributed by atoms with van der Waals surface area (Å²) in [5.41, 5.74) is -16.9. The number of rotatable bonds is 0. The van der Waals surface area contributed by atoms with Gasteiger partial charge in [-0.25, -0.2) is 25.3 Å². The summed E-state index contributed by atoms with van der Waals surface area (Å²) in [4.78, 5) is 0. The molecule has 0 fully saturated rings. The first kappa shape index (κ1) is 37.1. The van der Waals surface area contributed by atoms with Crippen molar-refractivity contribution >= 4 is 30.4 Å². The van der Waals surface area contributed by atoms with Crippen LogP contribution in [0.2, 0.25) is 0 Å². The molecule has 26 heavy (non-hydrogen) atoms. The number of hydrogen-bond donors (Lipinski definition) is 0. The Hall–Kier alpha value is 0.320. The second kappa shape index (κ2) is 11.4. The van der Waals surface area contributed by atoms with Gasteiger partial charge in [-0.05, 0) is 0 Å². The van der Waals surface area contributed by atoms with Crippen molar-refractivity contribution < 1.29 is 122 Å². The Morgan fingerprint density at radius 2 is 0.500 bits per heavy atom. The molecule has 10 nitrogen and oxygen atoms in total. The fraction of sp³-hybridized carbons (Fsp3) is 1.00. The van der Waals surface area contributed by atoms with E-state index in [0.717, 1.165) is 0 Å². The average Bonchev–Trinajstić information content (AvgIpc) is 2.08. The summed E-state index contributed by atoms with van der Waals surface area (Å²) in [7, 11) is -18.3. The summed E-state index contributed by atoms with van der Waals surface area (Å²) in [6.07, 6.45) is 0. The third-order valence-electron chi connectivity index (χ3n) is 0.850.